The van der Waals surface area contributed by atoms with Gasteiger partial charge in [0.05, 0.1) is 0 Å². The Hall–Kier alpha value is -1.17. The van der Waals surface area contributed by atoms with E-state index in [0.29, 0.717) is 12.5 Å². The molecule has 0 radical (unpaired) electrons. The minimum Gasteiger partial charge on any atom is -0.340 e. The van der Waals surface area contributed by atoms with Crippen LogP contribution in [-0.4, -0.2) is 54.5 Å². The first-order chi connectivity index (χ1) is 11.7. The summed E-state index contributed by atoms with van der Waals surface area (Å²) in [5.74, 6) is 0.0644. The van der Waals surface area contributed by atoms with Crippen LogP contribution in [0.5, 0.6) is 0 Å². The lowest BCUT2D eigenvalue weighted by Gasteiger charge is -2.31. The Labute approximate surface area is 156 Å². The van der Waals surface area contributed by atoms with Crippen LogP contribution < -0.4 is 5.32 Å². The van der Waals surface area contributed by atoms with Gasteiger partial charge in [-0.15, -0.1) is 12.4 Å². The van der Waals surface area contributed by atoms with Gasteiger partial charge in [0.15, 0.2) is 0 Å². The molecule has 4 nitrogen and oxygen atoms in total. The number of piperazine rings is 1. The third-order valence-electron chi connectivity index (χ3n) is 5.20. The van der Waals surface area contributed by atoms with Gasteiger partial charge in [-0.25, -0.2) is 4.39 Å². The highest BCUT2D eigenvalue weighted by Crippen LogP contribution is 2.25. The number of carbonyl (C=O) groups is 1. The van der Waals surface area contributed by atoms with Gasteiger partial charge in [0.2, 0.25) is 5.91 Å². The van der Waals surface area contributed by atoms with Crippen molar-refractivity contribution in [2.45, 2.75) is 44.7 Å². The zero-order valence-corrected chi connectivity index (χ0v) is 15.6. The van der Waals surface area contributed by atoms with Gasteiger partial charge in [-0.05, 0) is 30.5 Å². The van der Waals surface area contributed by atoms with Crippen LogP contribution in [0.2, 0.25) is 0 Å². The van der Waals surface area contributed by atoms with Crippen molar-refractivity contribution in [1.29, 1.82) is 0 Å². The number of amides is 1. The lowest BCUT2D eigenvalue weighted by Crippen LogP contribution is -2.47. The van der Waals surface area contributed by atoms with Crippen molar-refractivity contribution in [3.8, 4) is 0 Å². The van der Waals surface area contributed by atoms with E-state index in [2.05, 4.69) is 10.2 Å². The van der Waals surface area contributed by atoms with Crippen molar-refractivity contribution in [3.63, 3.8) is 0 Å². The number of hydrogen-bond acceptors (Lipinski definition) is 3. The SMILES string of the molecule is Cl.O=C(CCN(Cc1cccc(F)c1)C1CCCC1)N1CCNCC1. The summed E-state index contributed by atoms with van der Waals surface area (Å²) in [6.07, 6.45) is 5.46. The smallest absolute Gasteiger partial charge is 0.223 e. The molecule has 25 heavy (non-hydrogen) atoms. The summed E-state index contributed by atoms with van der Waals surface area (Å²) < 4.78 is 13.5. The molecule has 0 spiro atoms. The average Bonchev–Trinajstić information content (AvgIpc) is 3.13. The van der Waals surface area contributed by atoms with Gasteiger partial charge in [-0.3, -0.25) is 9.69 Å². The number of hydrogen-bond donors (Lipinski definition) is 1. The van der Waals surface area contributed by atoms with E-state index in [1.165, 1.54) is 31.7 Å². The fourth-order valence-corrected chi connectivity index (χ4v) is 3.84. The number of halogens is 2. The maximum Gasteiger partial charge on any atom is 0.223 e. The van der Waals surface area contributed by atoms with E-state index >= 15 is 0 Å². The van der Waals surface area contributed by atoms with Gasteiger partial charge < -0.3 is 10.2 Å². The molecule has 1 saturated carbocycles. The molecule has 1 N–H and O–H groups in total. The maximum absolute atomic E-state index is 13.5. The highest BCUT2D eigenvalue weighted by Gasteiger charge is 2.24. The molecule has 0 unspecified atom stereocenters. The van der Waals surface area contributed by atoms with E-state index in [-0.39, 0.29) is 24.1 Å². The highest BCUT2D eigenvalue weighted by atomic mass is 35.5. The van der Waals surface area contributed by atoms with Crippen LogP contribution >= 0.6 is 12.4 Å². The van der Waals surface area contributed by atoms with Crippen molar-refractivity contribution >= 4 is 18.3 Å². The Balaban J connectivity index is 0.00000225. The highest BCUT2D eigenvalue weighted by molar-refractivity contribution is 5.85. The molecule has 1 aromatic carbocycles. The molecule has 1 aromatic rings. The lowest BCUT2D eigenvalue weighted by molar-refractivity contribution is -0.132. The van der Waals surface area contributed by atoms with Crippen molar-refractivity contribution in [1.82, 2.24) is 15.1 Å². The molecular weight excluding hydrogens is 341 g/mol. The van der Waals surface area contributed by atoms with E-state index < -0.39 is 0 Å². The monoisotopic (exact) mass is 369 g/mol. The fourth-order valence-electron chi connectivity index (χ4n) is 3.84. The van der Waals surface area contributed by atoms with E-state index in [0.717, 1.165) is 44.8 Å². The van der Waals surface area contributed by atoms with Gasteiger partial charge in [0, 0.05) is 51.7 Å². The molecule has 1 heterocycles. The molecule has 1 saturated heterocycles. The van der Waals surface area contributed by atoms with E-state index in [9.17, 15) is 9.18 Å². The zero-order chi connectivity index (χ0) is 16.8. The van der Waals surface area contributed by atoms with Gasteiger partial charge in [-0.2, -0.15) is 0 Å². The zero-order valence-electron chi connectivity index (χ0n) is 14.8. The third kappa shape index (κ3) is 5.94. The second kappa shape index (κ2) is 10.1. The Morgan fingerprint density at radius 3 is 2.64 bits per heavy atom. The predicted molar refractivity (Wildman–Crippen MR) is 100 cm³/mol. The molecule has 2 aliphatic rings. The normalized spacial score (nSPS) is 18.4. The first kappa shape index (κ1) is 20.1. The number of benzene rings is 1. The van der Waals surface area contributed by atoms with Gasteiger partial charge >= 0.3 is 0 Å². The van der Waals surface area contributed by atoms with Crippen LogP contribution in [0.25, 0.3) is 0 Å². The molecule has 6 heteroatoms. The largest absolute Gasteiger partial charge is 0.340 e. The number of rotatable bonds is 6. The number of nitrogens with one attached hydrogen (secondary N) is 1. The molecule has 1 aliphatic carbocycles. The van der Waals surface area contributed by atoms with Gasteiger partial charge in [0.25, 0.3) is 0 Å². The summed E-state index contributed by atoms with van der Waals surface area (Å²) in [6.45, 7) is 4.91. The van der Waals surface area contributed by atoms with Crippen LogP contribution in [-0.2, 0) is 11.3 Å². The molecule has 2 fully saturated rings. The first-order valence-corrected chi connectivity index (χ1v) is 9.19. The van der Waals surface area contributed by atoms with Crippen molar-refractivity contribution in [3.05, 3.63) is 35.6 Å². The number of nitrogens with zero attached hydrogens (tertiary/aromatic N) is 2. The van der Waals surface area contributed by atoms with Crippen molar-refractivity contribution < 1.29 is 9.18 Å². The molecule has 0 atom stereocenters. The molecular formula is C19H29ClFN3O. The third-order valence-corrected chi connectivity index (χ3v) is 5.20. The van der Waals surface area contributed by atoms with Crippen LogP contribution in [0.4, 0.5) is 4.39 Å². The summed E-state index contributed by atoms with van der Waals surface area (Å²) >= 11 is 0. The fraction of sp³-hybridized carbons (Fsp3) is 0.632. The topological polar surface area (TPSA) is 35.6 Å². The summed E-state index contributed by atoms with van der Waals surface area (Å²) in [5.41, 5.74) is 0.997. The number of carbonyl (C=O) groups excluding carboxylic acids is 1. The molecule has 140 valence electrons. The molecule has 0 bridgehead atoms. The van der Waals surface area contributed by atoms with Crippen molar-refractivity contribution in [2.75, 3.05) is 32.7 Å². The first-order valence-electron chi connectivity index (χ1n) is 9.19. The van der Waals surface area contributed by atoms with Gasteiger partial charge in [0.1, 0.15) is 5.82 Å². The Bertz CT molecular complexity index is 545. The maximum atomic E-state index is 13.5. The summed E-state index contributed by atoms with van der Waals surface area (Å²) in [7, 11) is 0. The Morgan fingerprint density at radius 2 is 1.96 bits per heavy atom. The standard InChI is InChI=1S/C19H28FN3O.ClH/c20-17-5-3-4-16(14-17)15-23(18-6-1-2-7-18)11-8-19(24)22-12-9-21-10-13-22;/h3-5,14,18,21H,1-2,6-13,15H2;1H. The van der Waals surface area contributed by atoms with Crippen LogP contribution in [0.3, 0.4) is 0 Å². The minimum absolute atomic E-state index is 0. The molecule has 1 amide bonds. The second-order valence-electron chi connectivity index (χ2n) is 6.92. The molecule has 0 aromatic heterocycles. The molecule has 1 aliphatic heterocycles. The average molecular weight is 370 g/mol. The summed E-state index contributed by atoms with van der Waals surface area (Å²) in [6, 6.07) is 7.37. The van der Waals surface area contributed by atoms with Crippen LogP contribution in [0, 0.1) is 5.82 Å². The van der Waals surface area contributed by atoms with Crippen LogP contribution in [0.1, 0.15) is 37.7 Å². The van der Waals surface area contributed by atoms with Crippen molar-refractivity contribution in [2.24, 2.45) is 0 Å². The minimum atomic E-state index is -0.184. The lowest BCUT2D eigenvalue weighted by atomic mass is 10.1. The predicted octanol–water partition coefficient (Wildman–Crippen LogP) is 2.81. The Morgan fingerprint density at radius 1 is 1.24 bits per heavy atom. The summed E-state index contributed by atoms with van der Waals surface area (Å²) in [4.78, 5) is 16.8. The van der Waals surface area contributed by atoms with Gasteiger partial charge in [-0.1, -0.05) is 25.0 Å². The van der Waals surface area contributed by atoms with E-state index in [1.807, 2.05) is 11.0 Å². The second-order valence-corrected chi connectivity index (χ2v) is 6.92. The summed E-state index contributed by atoms with van der Waals surface area (Å²) in [5, 5.41) is 3.28. The molecule has 3 rings (SSSR count). The van der Waals surface area contributed by atoms with Crippen LogP contribution in [0.15, 0.2) is 24.3 Å². The Kier molecular flexibility index (Phi) is 8.13. The van der Waals surface area contributed by atoms with E-state index in [1.54, 1.807) is 12.1 Å². The van der Waals surface area contributed by atoms with E-state index in [4.69, 9.17) is 0 Å². The quantitative estimate of drug-likeness (QED) is 0.837.